The minimum Gasteiger partial charge on any atom is -0.347 e. The molecule has 0 atom stereocenters. The van der Waals surface area contributed by atoms with Gasteiger partial charge in [-0.05, 0) is 23.6 Å². The van der Waals surface area contributed by atoms with Crippen LogP contribution in [0.4, 0.5) is 18.9 Å². The summed E-state index contributed by atoms with van der Waals surface area (Å²) in [6.45, 7) is -0.400. The van der Waals surface area contributed by atoms with Gasteiger partial charge in [-0.25, -0.2) is 13.2 Å². The van der Waals surface area contributed by atoms with Gasteiger partial charge in [0.05, 0.1) is 18.7 Å². The molecule has 0 aliphatic heterocycles. The number of hydrogen-bond acceptors (Lipinski definition) is 3. The average Bonchev–Trinajstić information content (AvgIpc) is 2.99. The number of amides is 2. The number of anilines is 1. The molecule has 2 rings (SSSR count). The number of carbonyl (C=O) groups excluding carboxylic acids is 2. The van der Waals surface area contributed by atoms with Gasteiger partial charge in [0.25, 0.3) is 0 Å². The number of thiophene rings is 1. The predicted molar refractivity (Wildman–Crippen MR) is 76.0 cm³/mol. The predicted octanol–water partition coefficient (Wildman–Crippen LogP) is 2.46. The third kappa shape index (κ3) is 4.08. The van der Waals surface area contributed by atoms with Crippen LogP contribution in [-0.4, -0.2) is 18.4 Å². The highest BCUT2D eigenvalue weighted by atomic mass is 32.1. The summed E-state index contributed by atoms with van der Waals surface area (Å²) < 4.78 is 39.1. The summed E-state index contributed by atoms with van der Waals surface area (Å²) in [6.07, 6.45) is 0.129. The molecule has 22 heavy (non-hydrogen) atoms. The maximum Gasteiger partial charge on any atom is 0.243 e. The van der Waals surface area contributed by atoms with Crippen molar-refractivity contribution >= 4 is 28.8 Å². The largest absolute Gasteiger partial charge is 0.347 e. The Balaban J connectivity index is 1.86. The first kappa shape index (κ1) is 16.0. The van der Waals surface area contributed by atoms with E-state index in [4.69, 9.17) is 0 Å². The third-order valence-corrected chi connectivity index (χ3v) is 3.55. The molecule has 0 radical (unpaired) electrons. The molecule has 4 nitrogen and oxygen atoms in total. The molecule has 0 fully saturated rings. The van der Waals surface area contributed by atoms with Crippen molar-refractivity contribution in [1.29, 1.82) is 0 Å². The molecular weight excluding hydrogens is 317 g/mol. The van der Waals surface area contributed by atoms with E-state index in [2.05, 4.69) is 10.6 Å². The molecule has 1 heterocycles. The SMILES string of the molecule is O=C(Cc1cccs1)NCC(=O)Nc1ccc(F)c(F)c1F. The summed E-state index contributed by atoms with van der Waals surface area (Å²) in [7, 11) is 0. The van der Waals surface area contributed by atoms with Gasteiger partial charge in [0.2, 0.25) is 11.8 Å². The molecule has 2 aromatic rings. The molecule has 0 aliphatic rings. The Hall–Kier alpha value is -2.35. The van der Waals surface area contributed by atoms with E-state index in [0.717, 1.165) is 10.9 Å². The van der Waals surface area contributed by atoms with Crippen molar-refractivity contribution in [2.45, 2.75) is 6.42 Å². The molecule has 0 saturated carbocycles. The summed E-state index contributed by atoms with van der Waals surface area (Å²) in [5.41, 5.74) is -0.489. The zero-order valence-corrected chi connectivity index (χ0v) is 12.0. The molecule has 0 saturated heterocycles. The van der Waals surface area contributed by atoms with Gasteiger partial charge in [-0.1, -0.05) is 6.07 Å². The van der Waals surface area contributed by atoms with Crippen molar-refractivity contribution in [3.8, 4) is 0 Å². The summed E-state index contributed by atoms with van der Waals surface area (Å²) in [5.74, 6) is -5.62. The summed E-state index contributed by atoms with van der Waals surface area (Å²) in [5, 5.41) is 6.23. The van der Waals surface area contributed by atoms with Crippen LogP contribution in [-0.2, 0) is 16.0 Å². The Kier molecular flexibility index (Phi) is 5.16. The average molecular weight is 328 g/mol. The van der Waals surface area contributed by atoms with E-state index in [-0.39, 0.29) is 12.3 Å². The second kappa shape index (κ2) is 7.08. The Morgan fingerprint density at radius 2 is 1.82 bits per heavy atom. The van der Waals surface area contributed by atoms with Crippen LogP contribution in [0.5, 0.6) is 0 Å². The quantitative estimate of drug-likeness (QED) is 0.829. The van der Waals surface area contributed by atoms with Gasteiger partial charge in [-0.3, -0.25) is 9.59 Å². The molecule has 0 aliphatic carbocycles. The molecule has 2 N–H and O–H groups in total. The van der Waals surface area contributed by atoms with Crippen LogP contribution < -0.4 is 10.6 Å². The van der Waals surface area contributed by atoms with E-state index in [1.54, 1.807) is 12.1 Å². The molecular formula is C14H11F3N2O2S. The second-order valence-corrected chi connectivity index (χ2v) is 5.34. The second-order valence-electron chi connectivity index (χ2n) is 4.30. The zero-order chi connectivity index (χ0) is 16.1. The number of halogens is 3. The van der Waals surface area contributed by atoms with Gasteiger partial charge in [-0.2, -0.15) is 0 Å². The summed E-state index contributed by atoms with van der Waals surface area (Å²) >= 11 is 1.40. The first-order valence-electron chi connectivity index (χ1n) is 6.20. The summed E-state index contributed by atoms with van der Waals surface area (Å²) in [6, 6.07) is 5.18. The van der Waals surface area contributed by atoms with Crippen LogP contribution in [0.3, 0.4) is 0 Å². The fourth-order valence-corrected chi connectivity index (χ4v) is 2.33. The van der Waals surface area contributed by atoms with E-state index < -0.39 is 35.6 Å². The number of hydrogen-bond donors (Lipinski definition) is 2. The lowest BCUT2D eigenvalue weighted by Crippen LogP contribution is -2.33. The van der Waals surface area contributed by atoms with E-state index in [0.29, 0.717) is 6.07 Å². The van der Waals surface area contributed by atoms with Crippen molar-refractivity contribution < 1.29 is 22.8 Å². The highest BCUT2D eigenvalue weighted by molar-refractivity contribution is 7.10. The van der Waals surface area contributed by atoms with Crippen LogP contribution in [0.25, 0.3) is 0 Å². The number of nitrogens with one attached hydrogen (secondary N) is 2. The fraction of sp³-hybridized carbons (Fsp3) is 0.143. The zero-order valence-electron chi connectivity index (χ0n) is 11.2. The Morgan fingerprint density at radius 1 is 1.05 bits per heavy atom. The summed E-state index contributed by atoms with van der Waals surface area (Å²) in [4.78, 5) is 24.0. The standard InChI is InChI=1S/C14H11F3N2O2S/c15-9-3-4-10(14(17)13(9)16)19-12(21)7-18-11(20)6-8-2-1-5-22-8/h1-5H,6-7H2,(H,18,20)(H,19,21). The van der Waals surface area contributed by atoms with Crippen molar-refractivity contribution in [2.75, 3.05) is 11.9 Å². The van der Waals surface area contributed by atoms with Crippen molar-refractivity contribution in [3.05, 3.63) is 52.0 Å². The van der Waals surface area contributed by atoms with E-state index in [1.165, 1.54) is 11.3 Å². The van der Waals surface area contributed by atoms with Crippen LogP contribution in [0, 0.1) is 17.5 Å². The van der Waals surface area contributed by atoms with Gasteiger partial charge in [0.15, 0.2) is 17.5 Å². The number of rotatable bonds is 5. The Bertz CT molecular complexity index is 690. The van der Waals surface area contributed by atoms with Gasteiger partial charge in [0, 0.05) is 4.88 Å². The van der Waals surface area contributed by atoms with E-state index in [9.17, 15) is 22.8 Å². The smallest absolute Gasteiger partial charge is 0.243 e. The van der Waals surface area contributed by atoms with Crippen LogP contribution in [0.1, 0.15) is 4.88 Å². The molecule has 0 unspecified atom stereocenters. The first-order valence-corrected chi connectivity index (χ1v) is 7.07. The molecule has 0 bridgehead atoms. The van der Waals surface area contributed by atoms with E-state index >= 15 is 0 Å². The molecule has 2 amide bonds. The van der Waals surface area contributed by atoms with Crippen LogP contribution in [0.15, 0.2) is 29.6 Å². The van der Waals surface area contributed by atoms with Gasteiger partial charge in [0.1, 0.15) is 0 Å². The minimum atomic E-state index is -1.67. The lowest BCUT2D eigenvalue weighted by atomic mass is 10.2. The highest BCUT2D eigenvalue weighted by Crippen LogP contribution is 2.19. The van der Waals surface area contributed by atoms with Crippen molar-refractivity contribution in [3.63, 3.8) is 0 Å². The molecule has 1 aromatic heterocycles. The topological polar surface area (TPSA) is 58.2 Å². The van der Waals surface area contributed by atoms with Crippen LogP contribution >= 0.6 is 11.3 Å². The van der Waals surface area contributed by atoms with Gasteiger partial charge < -0.3 is 10.6 Å². The minimum absolute atomic E-state index is 0.129. The maximum atomic E-state index is 13.4. The third-order valence-electron chi connectivity index (χ3n) is 2.67. The fourth-order valence-electron chi connectivity index (χ4n) is 1.63. The highest BCUT2D eigenvalue weighted by Gasteiger charge is 2.15. The molecule has 1 aromatic carbocycles. The molecule has 116 valence electrons. The lowest BCUT2D eigenvalue weighted by molar-refractivity contribution is -0.123. The monoisotopic (exact) mass is 328 g/mol. The van der Waals surface area contributed by atoms with Crippen molar-refractivity contribution in [2.24, 2.45) is 0 Å². The Labute approximate surface area is 128 Å². The van der Waals surface area contributed by atoms with E-state index in [1.807, 2.05) is 5.38 Å². The first-order chi connectivity index (χ1) is 10.5. The Morgan fingerprint density at radius 3 is 2.50 bits per heavy atom. The number of carbonyl (C=O) groups is 2. The van der Waals surface area contributed by atoms with Gasteiger partial charge >= 0.3 is 0 Å². The lowest BCUT2D eigenvalue weighted by Gasteiger charge is -2.08. The van der Waals surface area contributed by atoms with Crippen LogP contribution in [0.2, 0.25) is 0 Å². The molecule has 0 spiro atoms. The normalized spacial score (nSPS) is 10.3. The molecule has 8 heteroatoms. The number of benzene rings is 1. The maximum absolute atomic E-state index is 13.4. The van der Waals surface area contributed by atoms with Crippen molar-refractivity contribution in [1.82, 2.24) is 5.32 Å². The van der Waals surface area contributed by atoms with Gasteiger partial charge in [-0.15, -0.1) is 11.3 Å².